The van der Waals surface area contributed by atoms with Crippen LogP contribution in [0, 0.1) is 5.92 Å². The lowest BCUT2D eigenvalue weighted by atomic mass is 9.85. The van der Waals surface area contributed by atoms with E-state index in [1.807, 2.05) is 13.8 Å². The van der Waals surface area contributed by atoms with Gasteiger partial charge in [0.1, 0.15) is 11.6 Å². The topological polar surface area (TPSA) is 43.4 Å². The lowest BCUT2D eigenvalue weighted by molar-refractivity contribution is -0.116. The van der Waals surface area contributed by atoms with E-state index < -0.39 is 17.4 Å². The van der Waals surface area contributed by atoms with Crippen molar-refractivity contribution in [1.82, 2.24) is 0 Å². The number of halogens is 1. The van der Waals surface area contributed by atoms with Crippen LogP contribution in [0.5, 0.6) is 5.75 Å². The van der Waals surface area contributed by atoms with Crippen LogP contribution in [0.2, 0.25) is 0 Å². The Hall–Kier alpha value is -1.97. The minimum absolute atomic E-state index is 0.0353. The van der Waals surface area contributed by atoms with Crippen molar-refractivity contribution in [2.24, 2.45) is 5.92 Å². The molecule has 1 unspecified atom stereocenters. The van der Waals surface area contributed by atoms with E-state index in [-0.39, 0.29) is 30.4 Å². The second-order valence-electron chi connectivity index (χ2n) is 5.74. The molecule has 0 N–H and O–H groups in total. The van der Waals surface area contributed by atoms with E-state index in [2.05, 4.69) is 0 Å². The van der Waals surface area contributed by atoms with E-state index in [0.29, 0.717) is 11.3 Å². The van der Waals surface area contributed by atoms with E-state index >= 15 is 0 Å². The van der Waals surface area contributed by atoms with E-state index in [9.17, 15) is 14.0 Å². The number of Topliss-reactive ketones (excluding diaryl/α,β-unsaturated/α-hetero) is 2. The number of ketones is 2. The highest BCUT2D eigenvalue weighted by molar-refractivity contribution is 6.27. The van der Waals surface area contributed by atoms with Gasteiger partial charge in [-0.05, 0) is 44.0 Å². The highest BCUT2D eigenvalue weighted by atomic mass is 19.1. The second-order valence-corrected chi connectivity index (χ2v) is 5.74. The molecule has 0 saturated carbocycles. The summed E-state index contributed by atoms with van der Waals surface area (Å²) >= 11 is 0. The molecule has 0 heterocycles. The van der Waals surface area contributed by atoms with Crippen molar-refractivity contribution in [3.05, 3.63) is 41.2 Å². The first-order chi connectivity index (χ1) is 9.88. The van der Waals surface area contributed by atoms with Gasteiger partial charge in [0.15, 0.2) is 11.6 Å². The third kappa shape index (κ3) is 3.57. The molecule has 0 spiro atoms. The van der Waals surface area contributed by atoms with Crippen molar-refractivity contribution in [1.29, 1.82) is 0 Å². The van der Waals surface area contributed by atoms with E-state index in [0.717, 1.165) is 0 Å². The van der Waals surface area contributed by atoms with Crippen LogP contribution >= 0.6 is 0 Å². The zero-order valence-electron chi connectivity index (χ0n) is 12.5. The molecule has 1 aliphatic carbocycles. The highest BCUT2D eigenvalue weighted by Gasteiger charge is 2.30. The largest absolute Gasteiger partial charge is 0.491 e. The molecule has 1 atom stereocenters. The minimum Gasteiger partial charge on any atom is -0.491 e. The minimum atomic E-state index is -0.591. The number of rotatable bonds is 4. The quantitative estimate of drug-likeness (QED) is 0.624. The van der Waals surface area contributed by atoms with Crippen molar-refractivity contribution in [3.8, 4) is 5.75 Å². The summed E-state index contributed by atoms with van der Waals surface area (Å²) in [6, 6.07) is 6.43. The van der Waals surface area contributed by atoms with E-state index in [1.165, 1.54) is 0 Å². The zero-order chi connectivity index (χ0) is 15.6. The van der Waals surface area contributed by atoms with Crippen molar-refractivity contribution in [3.63, 3.8) is 0 Å². The SMILES string of the molecule is CC1CC(=O)C(C(=O)c2ccc(OC(C)C)cc2)=C(F)C1. The average Bonchev–Trinajstić information content (AvgIpc) is 2.37. The molecule has 0 aliphatic heterocycles. The van der Waals surface area contributed by atoms with Crippen LogP contribution < -0.4 is 4.74 Å². The predicted octanol–water partition coefficient (Wildman–Crippen LogP) is 3.88. The average molecular weight is 290 g/mol. The first-order valence-corrected chi connectivity index (χ1v) is 7.11. The molecule has 0 amide bonds. The van der Waals surface area contributed by atoms with Gasteiger partial charge in [-0.15, -0.1) is 0 Å². The Morgan fingerprint density at radius 1 is 1.24 bits per heavy atom. The Bertz CT molecular complexity index is 585. The molecule has 21 heavy (non-hydrogen) atoms. The van der Waals surface area contributed by atoms with Crippen LogP contribution in [0.15, 0.2) is 35.7 Å². The van der Waals surface area contributed by atoms with Gasteiger partial charge in [0.2, 0.25) is 0 Å². The Labute approximate surface area is 123 Å². The molecule has 0 radical (unpaired) electrons. The Balaban J connectivity index is 2.24. The summed E-state index contributed by atoms with van der Waals surface area (Å²) < 4.78 is 19.4. The molecule has 1 aliphatic rings. The molecule has 1 aromatic carbocycles. The van der Waals surface area contributed by atoms with Gasteiger partial charge in [-0.3, -0.25) is 9.59 Å². The molecule has 4 heteroatoms. The van der Waals surface area contributed by atoms with Crippen LogP contribution in [0.1, 0.15) is 44.0 Å². The first kappa shape index (κ1) is 15.4. The maximum Gasteiger partial charge on any atom is 0.199 e. The number of carbonyl (C=O) groups excluding carboxylic acids is 2. The number of hydrogen-bond donors (Lipinski definition) is 0. The summed E-state index contributed by atoms with van der Waals surface area (Å²) in [6.07, 6.45) is 0.415. The highest BCUT2D eigenvalue weighted by Crippen LogP contribution is 2.30. The summed E-state index contributed by atoms with van der Waals surface area (Å²) in [5.74, 6) is -0.944. The number of ether oxygens (including phenoxy) is 1. The summed E-state index contributed by atoms with van der Waals surface area (Å²) in [5.41, 5.74) is 0.0183. The standard InChI is InChI=1S/C17H19FO3/c1-10(2)21-13-6-4-12(5-7-13)17(20)16-14(18)8-11(3)9-15(16)19/h4-7,10-11H,8-9H2,1-3H3. The zero-order valence-corrected chi connectivity index (χ0v) is 12.5. The molecule has 0 bridgehead atoms. The van der Waals surface area contributed by atoms with Crippen molar-refractivity contribution < 1.29 is 18.7 Å². The Morgan fingerprint density at radius 2 is 1.86 bits per heavy atom. The fourth-order valence-corrected chi connectivity index (χ4v) is 2.40. The van der Waals surface area contributed by atoms with Crippen LogP contribution in [0.3, 0.4) is 0 Å². The van der Waals surface area contributed by atoms with Gasteiger partial charge in [0, 0.05) is 18.4 Å². The molecule has 3 nitrogen and oxygen atoms in total. The van der Waals surface area contributed by atoms with Crippen molar-refractivity contribution in [2.75, 3.05) is 0 Å². The number of hydrogen-bond acceptors (Lipinski definition) is 3. The first-order valence-electron chi connectivity index (χ1n) is 7.11. The second kappa shape index (κ2) is 6.20. The number of allylic oxidation sites excluding steroid dienone is 2. The Kier molecular flexibility index (Phi) is 4.56. The van der Waals surface area contributed by atoms with Gasteiger partial charge >= 0.3 is 0 Å². The molecular formula is C17H19FO3. The lowest BCUT2D eigenvalue weighted by Crippen LogP contribution is -2.22. The fourth-order valence-electron chi connectivity index (χ4n) is 2.40. The maximum atomic E-state index is 13.9. The molecule has 2 rings (SSSR count). The van der Waals surface area contributed by atoms with E-state index in [1.54, 1.807) is 31.2 Å². The molecule has 0 saturated heterocycles. The van der Waals surface area contributed by atoms with Gasteiger partial charge in [0.05, 0.1) is 11.7 Å². The molecule has 0 fully saturated rings. The third-order valence-electron chi connectivity index (χ3n) is 3.33. The van der Waals surface area contributed by atoms with E-state index in [4.69, 9.17) is 4.74 Å². The predicted molar refractivity (Wildman–Crippen MR) is 78.1 cm³/mol. The van der Waals surface area contributed by atoms with Gasteiger partial charge < -0.3 is 4.74 Å². The fraction of sp³-hybridized carbons (Fsp3) is 0.412. The van der Waals surface area contributed by atoms with Crippen molar-refractivity contribution >= 4 is 11.6 Å². The van der Waals surface area contributed by atoms with Crippen LogP contribution in [0.25, 0.3) is 0 Å². The Morgan fingerprint density at radius 3 is 2.38 bits per heavy atom. The summed E-state index contributed by atoms with van der Waals surface area (Å²) in [4.78, 5) is 24.2. The number of benzene rings is 1. The molecule has 1 aromatic rings. The summed E-state index contributed by atoms with van der Waals surface area (Å²) in [5, 5.41) is 0. The smallest absolute Gasteiger partial charge is 0.199 e. The summed E-state index contributed by atoms with van der Waals surface area (Å²) in [7, 11) is 0. The van der Waals surface area contributed by atoms with Crippen molar-refractivity contribution in [2.45, 2.75) is 39.7 Å². The normalized spacial score (nSPS) is 19.1. The monoisotopic (exact) mass is 290 g/mol. The van der Waals surface area contributed by atoms with Crippen LogP contribution in [-0.4, -0.2) is 17.7 Å². The van der Waals surface area contributed by atoms with Gasteiger partial charge in [0.25, 0.3) is 0 Å². The van der Waals surface area contributed by atoms with Crippen LogP contribution in [-0.2, 0) is 4.79 Å². The number of carbonyl (C=O) groups is 2. The lowest BCUT2D eigenvalue weighted by Gasteiger charge is -2.18. The van der Waals surface area contributed by atoms with Gasteiger partial charge in [-0.25, -0.2) is 4.39 Å². The maximum absolute atomic E-state index is 13.9. The third-order valence-corrected chi connectivity index (χ3v) is 3.33. The molecule has 0 aromatic heterocycles. The summed E-state index contributed by atoms with van der Waals surface area (Å²) in [6.45, 7) is 5.61. The van der Waals surface area contributed by atoms with Gasteiger partial charge in [-0.2, -0.15) is 0 Å². The van der Waals surface area contributed by atoms with Crippen LogP contribution in [0.4, 0.5) is 4.39 Å². The van der Waals surface area contributed by atoms with Gasteiger partial charge in [-0.1, -0.05) is 6.92 Å². The molecule has 112 valence electrons. The molecular weight excluding hydrogens is 271 g/mol.